The van der Waals surface area contributed by atoms with Gasteiger partial charge in [-0.1, -0.05) is 0 Å². The standard InChI is InChI=1S/C13H20BrN3/c1-10(17-7-3-4-8-17)9-15-13-6-5-12(14)11(2)16-13/h5-6,10H,3-4,7-9H2,1-2H3,(H,15,16). The summed E-state index contributed by atoms with van der Waals surface area (Å²) in [7, 11) is 0. The summed E-state index contributed by atoms with van der Waals surface area (Å²) in [5.74, 6) is 0.969. The van der Waals surface area contributed by atoms with Crippen LogP contribution in [0.4, 0.5) is 5.82 Å². The van der Waals surface area contributed by atoms with Crippen molar-refractivity contribution in [3.8, 4) is 0 Å². The van der Waals surface area contributed by atoms with E-state index >= 15 is 0 Å². The van der Waals surface area contributed by atoms with Gasteiger partial charge in [0.15, 0.2) is 0 Å². The number of anilines is 1. The maximum atomic E-state index is 4.49. The van der Waals surface area contributed by atoms with Crippen molar-refractivity contribution in [3.63, 3.8) is 0 Å². The Kier molecular flexibility index (Phi) is 4.40. The molecule has 94 valence electrons. The summed E-state index contributed by atoms with van der Waals surface area (Å²) in [6.45, 7) is 7.75. The highest BCUT2D eigenvalue weighted by molar-refractivity contribution is 9.10. The van der Waals surface area contributed by atoms with E-state index in [2.05, 4.69) is 38.1 Å². The van der Waals surface area contributed by atoms with E-state index in [0.29, 0.717) is 6.04 Å². The molecule has 1 aliphatic rings. The van der Waals surface area contributed by atoms with E-state index in [1.807, 2.05) is 19.1 Å². The molecule has 1 aromatic heterocycles. The zero-order valence-electron chi connectivity index (χ0n) is 10.5. The summed E-state index contributed by atoms with van der Waals surface area (Å²) in [4.78, 5) is 7.04. The molecule has 2 heterocycles. The normalized spacial score (nSPS) is 18.3. The van der Waals surface area contributed by atoms with E-state index in [9.17, 15) is 0 Å². The van der Waals surface area contributed by atoms with Crippen LogP contribution in [-0.2, 0) is 0 Å². The molecule has 0 amide bonds. The van der Waals surface area contributed by atoms with Gasteiger partial charge in [-0.15, -0.1) is 0 Å². The molecule has 1 saturated heterocycles. The molecule has 0 saturated carbocycles. The molecule has 0 spiro atoms. The van der Waals surface area contributed by atoms with Crippen LogP contribution in [0.25, 0.3) is 0 Å². The van der Waals surface area contributed by atoms with Crippen LogP contribution in [0.1, 0.15) is 25.5 Å². The minimum atomic E-state index is 0.586. The third kappa shape index (κ3) is 3.42. The van der Waals surface area contributed by atoms with E-state index in [-0.39, 0.29) is 0 Å². The molecule has 1 aliphatic heterocycles. The van der Waals surface area contributed by atoms with E-state index < -0.39 is 0 Å². The number of nitrogens with zero attached hydrogens (tertiary/aromatic N) is 2. The van der Waals surface area contributed by atoms with Crippen molar-refractivity contribution in [2.75, 3.05) is 25.0 Å². The van der Waals surface area contributed by atoms with Crippen molar-refractivity contribution in [1.29, 1.82) is 0 Å². The summed E-state index contributed by atoms with van der Waals surface area (Å²) in [6.07, 6.45) is 2.69. The Morgan fingerprint density at radius 1 is 1.41 bits per heavy atom. The lowest BCUT2D eigenvalue weighted by Gasteiger charge is -2.24. The molecule has 1 fully saturated rings. The van der Waals surface area contributed by atoms with Gasteiger partial charge in [0, 0.05) is 17.1 Å². The van der Waals surface area contributed by atoms with Crippen molar-refractivity contribution in [2.45, 2.75) is 32.7 Å². The van der Waals surface area contributed by atoms with Gasteiger partial charge in [-0.3, -0.25) is 4.90 Å². The highest BCUT2D eigenvalue weighted by Crippen LogP contribution is 2.17. The van der Waals surface area contributed by atoms with Gasteiger partial charge in [0.25, 0.3) is 0 Å². The van der Waals surface area contributed by atoms with Gasteiger partial charge in [0.1, 0.15) is 5.82 Å². The average Bonchev–Trinajstić information content (AvgIpc) is 2.84. The first-order valence-electron chi connectivity index (χ1n) is 6.28. The molecule has 1 unspecified atom stereocenters. The second-order valence-corrected chi connectivity index (χ2v) is 5.59. The molecule has 4 heteroatoms. The highest BCUT2D eigenvalue weighted by atomic mass is 79.9. The molecular weight excluding hydrogens is 278 g/mol. The Hall–Kier alpha value is -0.610. The van der Waals surface area contributed by atoms with Crippen molar-refractivity contribution >= 4 is 21.7 Å². The molecular formula is C13H20BrN3. The zero-order valence-corrected chi connectivity index (χ0v) is 12.1. The van der Waals surface area contributed by atoms with Crippen LogP contribution >= 0.6 is 15.9 Å². The molecule has 0 bridgehead atoms. The van der Waals surface area contributed by atoms with E-state index in [0.717, 1.165) is 22.5 Å². The fourth-order valence-electron chi connectivity index (χ4n) is 2.21. The molecule has 0 radical (unpaired) electrons. The van der Waals surface area contributed by atoms with E-state index in [4.69, 9.17) is 0 Å². The smallest absolute Gasteiger partial charge is 0.126 e. The van der Waals surface area contributed by atoms with Gasteiger partial charge in [-0.05, 0) is 67.8 Å². The van der Waals surface area contributed by atoms with Crippen LogP contribution in [0.15, 0.2) is 16.6 Å². The average molecular weight is 298 g/mol. The molecule has 0 aromatic carbocycles. The fraction of sp³-hybridized carbons (Fsp3) is 0.615. The molecule has 3 nitrogen and oxygen atoms in total. The van der Waals surface area contributed by atoms with Crippen molar-refractivity contribution in [3.05, 3.63) is 22.3 Å². The van der Waals surface area contributed by atoms with Crippen molar-refractivity contribution in [1.82, 2.24) is 9.88 Å². The third-order valence-corrected chi connectivity index (χ3v) is 4.20. The van der Waals surface area contributed by atoms with Crippen molar-refractivity contribution in [2.24, 2.45) is 0 Å². The number of halogens is 1. The maximum Gasteiger partial charge on any atom is 0.126 e. The summed E-state index contributed by atoms with van der Waals surface area (Å²) in [6, 6.07) is 4.65. The number of rotatable bonds is 4. The Morgan fingerprint density at radius 2 is 2.12 bits per heavy atom. The molecule has 1 N–H and O–H groups in total. The van der Waals surface area contributed by atoms with Gasteiger partial charge < -0.3 is 5.32 Å². The second kappa shape index (κ2) is 5.83. The van der Waals surface area contributed by atoms with Gasteiger partial charge in [-0.2, -0.15) is 0 Å². The van der Waals surface area contributed by atoms with E-state index in [1.54, 1.807) is 0 Å². The predicted molar refractivity (Wildman–Crippen MR) is 75.4 cm³/mol. The fourth-order valence-corrected chi connectivity index (χ4v) is 2.43. The van der Waals surface area contributed by atoms with Crippen LogP contribution in [-0.4, -0.2) is 35.6 Å². The number of likely N-dealkylation sites (tertiary alicyclic amines) is 1. The van der Waals surface area contributed by atoms with Crippen LogP contribution in [0.3, 0.4) is 0 Å². The molecule has 2 rings (SSSR count). The SMILES string of the molecule is Cc1nc(NCC(C)N2CCCC2)ccc1Br. The number of hydrogen-bond donors (Lipinski definition) is 1. The Balaban J connectivity index is 1.86. The Labute approximate surface area is 112 Å². The maximum absolute atomic E-state index is 4.49. The summed E-state index contributed by atoms with van der Waals surface area (Å²) in [5.41, 5.74) is 1.03. The molecule has 1 atom stereocenters. The van der Waals surface area contributed by atoms with Crippen LogP contribution < -0.4 is 5.32 Å². The molecule has 0 aliphatic carbocycles. The summed E-state index contributed by atoms with van der Waals surface area (Å²) < 4.78 is 1.07. The summed E-state index contributed by atoms with van der Waals surface area (Å²) in [5, 5.41) is 3.42. The van der Waals surface area contributed by atoms with Gasteiger partial charge in [0.05, 0.1) is 5.69 Å². The monoisotopic (exact) mass is 297 g/mol. The Bertz CT molecular complexity index is 375. The lowest BCUT2D eigenvalue weighted by atomic mass is 10.3. The summed E-state index contributed by atoms with van der Waals surface area (Å²) >= 11 is 3.46. The lowest BCUT2D eigenvalue weighted by molar-refractivity contribution is 0.269. The quantitative estimate of drug-likeness (QED) is 0.926. The van der Waals surface area contributed by atoms with Crippen LogP contribution in [0.5, 0.6) is 0 Å². The van der Waals surface area contributed by atoms with Gasteiger partial charge in [0.2, 0.25) is 0 Å². The topological polar surface area (TPSA) is 28.2 Å². The minimum Gasteiger partial charge on any atom is -0.369 e. The number of aromatic nitrogens is 1. The number of aryl methyl sites for hydroxylation is 1. The molecule has 1 aromatic rings. The molecule has 17 heavy (non-hydrogen) atoms. The van der Waals surface area contributed by atoms with Gasteiger partial charge in [-0.25, -0.2) is 4.98 Å². The number of hydrogen-bond acceptors (Lipinski definition) is 3. The first kappa shape index (κ1) is 12.8. The lowest BCUT2D eigenvalue weighted by Crippen LogP contribution is -2.35. The predicted octanol–water partition coefficient (Wildman–Crippen LogP) is 3.05. The van der Waals surface area contributed by atoms with Crippen molar-refractivity contribution < 1.29 is 0 Å². The third-order valence-electron chi connectivity index (χ3n) is 3.36. The minimum absolute atomic E-state index is 0.586. The first-order chi connectivity index (χ1) is 8.16. The second-order valence-electron chi connectivity index (χ2n) is 4.74. The number of pyridine rings is 1. The first-order valence-corrected chi connectivity index (χ1v) is 7.07. The van der Waals surface area contributed by atoms with E-state index in [1.165, 1.54) is 25.9 Å². The highest BCUT2D eigenvalue weighted by Gasteiger charge is 2.17. The zero-order chi connectivity index (χ0) is 12.3. The van der Waals surface area contributed by atoms with Crippen LogP contribution in [0, 0.1) is 6.92 Å². The largest absolute Gasteiger partial charge is 0.369 e. The number of nitrogens with one attached hydrogen (secondary N) is 1. The Morgan fingerprint density at radius 3 is 2.76 bits per heavy atom. The van der Waals surface area contributed by atoms with Gasteiger partial charge >= 0.3 is 0 Å². The van der Waals surface area contributed by atoms with Crippen LogP contribution in [0.2, 0.25) is 0 Å².